The van der Waals surface area contributed by atoms with Crippen LogP contribution in [-0.2, 0) is 22.6 Å². The Kier molecular flexibility index (Phi) is 7.40. The molecule has 0 unspecified atom stereocenters. The van der Waals surface area contributed by atoms with Crippen LogP contribution in [0.15, 0.2) is 72.8 Å². The topological polar surface area (TPSA) is 84.5 Å². The number of esters is 1. The summed E-state index contributed by atoms with van der Waals surface area (Å²) in [6.45, 7) is 1.61. The van der Waals surface area contributed by atoms with Crippen molar-refractivity contribution in [1.29, 1.82) is 0 Å². The highest BCUT2D eigenvalue weighted by Gasteiger charge is 2.10. The number of halogens is 1. The van der Waals surface area contributed by atoms with Crippen molar-refractivity contribution >= 4 is 35.1 Å². The monoisotopic (exact) mass is 436 g/mol. The van der Waals surface area contributed by atoms with Crippen LogP contribution >= 0.6 is 11.6 Å². The van der Waals surface area contributed by atoms with Gasteiger partial charge in [0.25, 0.3) is 5.91 Å². The van der Waals surface area contributed by atoms with Gasteiger partial charge in [0.05, 0.1) is 6.42 Å². The van der Waals surface area contributed by atoms with E-state index in [9.17, 15) is 14.4 Å². The van der Waals surface area contributed by atoms with E-state index in [1.54, 1.807) is 42.5 Å². The number of rotatable bonds is 7. The summed E-state index contributed by atoms with van der Waals surface area (Å²) in [5, 5.41) is 6.21. The van der Waals surface area contributed by atoms with Gasteiger partial charge in [-0.05, 0) is 47.5 Å². The fourth-order valence-corrected chi connectivity index (χ4v) is 3.11. The lowest BCUT2D eigenvalue weighted by Crippen LogP contribution is -2.24. The minimum absolute atomic E-state index is 0.148. The van der Waals surface area contributed by atoms with E-state index in [1.807, 2.05) is 24.3 Å². The van der Waals surface area contributed by atoms with Crippen molar-refractivity contribution < 1.29 is 19.1 Å². The molecule has 31 heavy (non-hydrogen) atoms. The molecule has 0 bridgehead atoms. The fraction of sp³-hybridized carbons (Fsp3) is 0.125. The molecule has 0 radical (unpaired) electrons. The zero-order valence-corrected chi connectivity index (χ0v) is 17.6. The van der Waals surface area contributed by atoms with Gasteiger partial charge >= 0.3 is 5.97 Å². The number of carbonyl (C=O) groups excluding carboxylic acids is 3. The van der Waals surface area contributed by atoms with Crippen molar-refractivity contribution in [3.63, 3.8) is 0 Å². The van der Waals surface area contributed by atoms with Crippen LogP contribution < -0.4 is 15.4 Å². The van der Waals surface area contributed by atoms with Crippen molar-refractivity contribution in [2.45, 2.75) is 19.9 Å². The maximum Gasteiger partial charge on any atom is 0.308 e. The van der Waals surface area contributed by atoms with E-state index in [1.165, 1.54) is 13.0 Å². The lowest BCUT2D eigenvalue weighted by molar-refractivity contribution is -0.131. The van der Waals surface area contributed by atoms with Gasteiger partial charge in [0.15, 0.2) is 0 Å². The standard InChI is InChI=1S/C24H21ClN2O4/c1-16(28)31-21-10-5-8-19(13-21)24(30)27-20-9-4-6-17(12-20)15-26-23(29)14-18-7-2-3-11-22(18)25/h2-13H,14-15H2,1H3,(H,26,29)(H,27,30). The molecule has 0 spiro atoms. The van der Waals surface area contributed by atoms with Gasteiger partial charge in [-0.1, -0.05) is 48.0 Å². The number of carbonyl (C=O) groups is 3. The smallest absolute Gasteiger partial charge is 0.308 e. The van der Waals surface area contributed by atoms with E-state index in [2.05, 4.69) is 10.6 Å². The highest BCUT2D eigenvalue weighted by molar-refractivity contribution is 6.31. The molecule has 0 aliphatic rings. The van der Waals surface area contributed by atoms with Crippen molar-refractivity contribution in [3.8, 4) is 5.75 Å². The third kappa shape index (κ3) is 6.69. The minimum atomic E-state index is -0.457. The van der Waals surface area contributed by atoms with Crippen molar-refractivity contribution in [1.82, 2.24) is 5.32 Å². The van der Waals surface area contributed by atoms with Crippen molar-refractivity contribution in [2.24, 2.45) is 0 Å². The summed E-state index contributed by atoms with van der Waals surface area (Å²) in [7, 11) is 0. The molecule has 3 rings (SSSR count). The number of benzene rings is 3. The normalized spacial score (nSPS) is 10.3. The van der Waals surface area contributed by atoms with Crippen molar-refractivity contribution in [2.75, 3.05) is 5.32 Å². The van der Waals surface area contributed by atoms with Crippen LogP contribution in [0.5, 0.6) is 5.75 Å². The Morgan fingerprint density at radius 1 is 0.935 bits per heavy atom. The Balaban J connectivity index is 1.59. The zero-order valence-electron chi connectivity index (χ0n) is 16.9. The van der Waals surface area contributed by atoms with Gasteiger partial charge in [0, 0.05) is 29.7 Å². The second-order valence-corrected chi connectivity index (χ2v) is 7.23. The van der Waals surface area contributed by atoms with E-state index >= 15 is 0 Å². The van der Waals surface area contributed by atoms with Gasteiger partial charge in [-0.3, -0.25) is 14.4 Å². The van der Waals surface area contributed by atoms with Crippen LogP contribution in [0.25, 0.3) is 0 Å². The summed E-state index contributed by atoms with van der Waals surface area (Å²) in [5.74, 6) is -0.643. The predicted molar refractivity (Wildman–Crippen MR) is 119 cm³/mol. The van der Waals surface area contributed by atoms with Crippen LogP contribution in [0.2, 0.25) is 5.02 Å². The third-order valence-electron chi connectivity index (χ3n) is 4.34. The summed E-state index contributed by atoms with van der Waals surface area (Å²) in [6, 6.07) is 20.8. The number of hydrogen-bond donors (Lipinski definition) is 2. The first kappa shape index (κ1) is 22.1. The Morgan fingerprint density at radius 3 is 2.48 bits per heavy atom. The number of amides is 2. The summed E-state index contributed by atoms with van der Waals surface area (Å²) < 4.78 is 5.01. The molecule has 0 aliphatic carbocycles. The molecule has 0 aromatic heterocycles. The predicted octanol–water partition coefficient (Wildman–Crippen LogP) is 4.38. The highest BCUT2D eigenvalue weighted by atomic mass is 35.5. The van der Waals surface area contributed by atoms with E-state index < -0.39 is 5.97 Å². The van der Waals surface area contributed by atoms with Crippen LogP contribution in [-0.4, -0.2) is 17.8 Å². The quantitative estimate of drug-likeness (QED) is 0.425. The molecule has 158 valence electrons. The number of hydrogen-bond acceptors (Lipinski definition) is 4. The number of anilines is 1. The Labute approximate surface area is 185 Å². The lowest BCUT2D eigenvalue weighted by Gasteiger charge is -2.10. The van der Waals surface area contributed by atoms with E-state index in [4.69, 9.17) is 16.3 Å². The maximum atomic E-state index is 12.5. The molecule has 2 N–H and O–H groups in total. The first-order valence-electron chi connectivity index (χ1n) is 9.59. The lowest BCUT2D eigenvalue weighted by atomic mass is 10.1. The molecule has 3 aromatic rings. The fourth-order valence-electron chi connectivity index (χ4n) is 2.91. The molecule has 0 fully saturated rings. The minimum Gasteiger partial charge on any atom is -0.427 e. The van der Waals surface area contributed by atoms with E-state index in [-0.39, 0.29) is 18.2 Å². The number of ether oxygens (including phenoxy) is 1. The molecule has 2 amide bonds. The van der Waals surface area contributed by atoms with Crippen LogP contribution in [0.1, 0.15) is 28.4 Å². The van der Waals surface area contributed by atoms with Crippen LogP contribution in [0, 0.1) is 0 Å². The maximum absolute atomic E-state index is 12.5. The summed E-state index contributed by atoms with van der Waals surface area (Å²) in [4.78, 5) is 35.8. The first-order valence-corrected chi connectivity index (χ1v) is 9.97. The molecule has 0 aliphatic heterocycles. The Morgan fingerprint density at radius 2 is 1.71 bits per heavy atom. The molecule has 6 nitrogen and oxygen atoms in total. The van der Waals surface area contributed by atoms with Crippen LogP contribution in [0.3, 0.4) is 0 Å². The molecular formula is C24H21ClN2O4. The molecule has 0 saturated carbocycles. The summed E-state index contributed by atoms with van der Waals surface area (Å²) in [6.07, 6.45) is 0.189. The Bertz CT molecular complexity index is 1110. The second kappa shape index (κ2) is 10.4. The highest BCUT2D eigenvalue weighted by Crippen LogP contribution is 2.17. The molecule has 3 aromatic carbocycles. The SMILES string of the molecule is CC(=O)Oc1cccc(C(=O)Nc2cccc(CNC(=O)Cc3ccccc3Cl)c2)c1. The summed E-state index contributed by atoms with van der Waals surface area (Å²) >= 11 is 6.09. The molecule has 0 saturated heterocycles. The van der Waals surface area contributed by atoms with Gasteiger partial charge in [-0.25, -0.2) is 0 Å². The molecule has 7 heteroatoms. The van der Waals surface area contributed by atoms with Gasteiger partial charge < -0.3 is 15.4 Å². The Hall–Kier alpha value is -3.64. The largest absolute Gasteiger partial charge is 0.427 e. The second-order valence-electron chi connectivity index (χ2n) is 6.82. The third-order valence-corrected chi connectivity index (χ3v) is 4.71. The molecule has 0 heterocycles. The summed E-state index contributed by atoms with van der Waals surface area (Å²) in [5.41, 5.74) is 2.54. The zero-order chi connectivity index (χ0) is 22.2. The average molecular weight is 437 g/mol. The van der Waals surface area contributed by atoms with E-state index in [0.717, 1.165) is 11.1 Å². The van der Waals surface area contributed by atoms with Gasteiger partial charge in [0.1, 0.15) is 5.75 Å². The molecular weight excluding hydrogens is 416 g/mol. The first-order chi connectivity index (χ1) is 14.9. The van der Waals surface area contributed by atoms with Crippen LogP contribution in [0.4, 0.5) is 5.69 Å². The van der Waals surface area contributed by atoms with Gasteiger partial charge in [0.2, 0.25) is 5.91 Å². The van der Waals surface area contributed by atoms with Crippen molar-refractivity contribution in [3.05, 3.63) is 94.5 Å². The molecule has 0 atom stereocenters. The average Bonchev–Trinajstić information content (AvgIpc) is 2.74. The van der Waals surface area contributed by atoms with Gasteiger partial charge in [-0.15, -0.1) is 0 Å². The van der Waals surface area contributed by atoms with E-state index in [0.29, 0.717) is 28.6 Å². The van der Waals surface area contributed by atoms with Gasteiger partial charge in [-0.2, -0.15) is 0 Å². The number of nitrogens with one attached hydrogen (secondary N) is 2.